The largest absolute Gasteiger partial charge is 0.311 e. The Morgan fingerprint density at radius 1 is 1.60 bits per heavy atom. The fraction of sp³-hybridized carbons (Fsp3) is 0.571. The van der Waals surface area contributed by atoms with Gasteiger partial charge in [0.15, 0.2) is 0 Å². The van der Waals surface area contributed by atoms with E-state index in [0.717, 1.165) is 19.6 Å². The number of rotatable bonds is 0. The Kier molecular flexibility index (Phi) is 1.43. The molecule has 0 saturated heterocycles. The zero-order chi connectivity index (χ0) is 6.81. The van der Waals surface area contributed by atoms with Crippen molar-refractivity contribution < 1.29 is 0 Å². The molecule has 0 fully saturated rings. The van der Waals surface area contributed by atoms with E-state index in [2.05, 4.69) is 21.2 Å². The number of aryl methyl sites for hydroxylation is 1. The Labute approximate surface area is 60.0 Å². The molecule has 10 heavy (non-hydrogen) atoms. The summed E-state index contributed by atoms with van der Waals surface area (Å²) in [7, 11) is 0. The van der Waals surface area contributed by atoms with E-state index in [1.165, 1.54) is 12.1 Å². The second-order valence-corrected chi connectivity index (χ2v) is 2.58. The fourth-order valence-corrected chi connectivity index (χ4v) is 1.28. The van der Waals surface area contributed by atoms with Crippen molar-refractivity contribution in [2.24, 2.45) is 0 Å². The highest BCUT2D eigenvalue weighted by Gasteiger charge is 2.04. The van der Waals surface area contributed by atoms with Crippen LogP contribution in [0.2, 0.25) is 0 Å². The van der Waals surface area contributed by atoms with Crippen LogP contribution < -0.4 is 5.32 Å². The summed E-state index contributed by atoms with van der Waals surface area (Å²) in [6, 6.07) is 2.07. The van der Waals surface area contributed by atoms with Crippen LogP contribution in [-0.4, -0.2) is 16.3 Å². The normalized spacial score (nSPS) is 18.0. The summed E-state index contributed by atoms with van der Waals surface area (Å²) >= 11 is 0. The molecule has 3 nitrogen and oxygen atoms in total. The van der Waals surface area contributed by atoms with E-state index in [1.807, 2.05) is 6.20 Å². The molecule has 0 bridgehead atoms. The molecule has 2 heterocycles. The molecule has 0 aliphatic carbocycles. The van der Waals surface area contributed by atoms with E-state index in [9.17, 15) is 0 Å². The maximum absolute atomic E-state index is 4.19. The second kappa shape index (κ2) is 2.42. The van der Waals surface area contributed by atoms with Crippen LogP contribution in [-0.2, 0) is 13.1 Å². The number of nitrogens with zero attached hydrogens (tertiary/aromatic N) is 2. The summed E-state index contributed by atoms with van der Waals surface area (Å²) in [6.07, 6.45) is 3.05. The maximum Gasteiger partial charge on any atom is 0.0522 e. The lowest BCUT2D eigenvalue weighted by molar-refractivity contribution is 0.587. The molecule has 1 N–H and O–H groups in total. The van der Waals surface area contributed by atoms with Gasteiger partial charge < -0.3 is 5.32 Å². The van der Waals surface area contributed by atoms with E-state index < -0.39 is 0 Å². The van der Waals surface area contributed by atoms with Crippen molar-refractivity contribution in [1.29, 1.82) is 0 Å². The topological polar surface area (TPSA) is 29.9 Å². The monoisotopic (exact) mass is 137 g/mol. The first-order valence-corrected chi connectivity index (χ1v) is 3.68. The molecule has 1 aromatic rings. The van der Waals surface area contributed by atoms with Gasteiger partial charge in [0.25, 0.3) is 0 Å². The van der Waals surface area contributed by atoms with E-state index in [0.29, 0.717) is 0 Å². The van der Waals surface area contributed by atoms with Crippen LogP contribution in [0.1, 0.15) is 12.1 Å². The standard InChI is InChI=1S/C7H11N3/c1-3-8-6-7-2-4-9-10(7)5-1/h2,4,8H,1,3,5-6H2. The zero-order valence-electron chi connectivity index (χ0n) is 5.88. The van der Waals surface area contributed by atoms with Gasteiger partial charge in [-0.15, -0.1) is 0 Å². The number of hydrogen-bond acceptors (Lipinski definition) is 2. The molecule has 0 atom stereocenters. The van der Waals surface area contributed by atoms with Gasteiger partial charge in [0.2, 0.25) is 0 Å². The number of aromatic nitrogens is 2. The van der Waals surface area contributed by atoms with Gasteiger partial charge in [-0.25, -0.2) is 0 Å². The minimum absolute atomic E-state index is 0.972. The third-order valence-corrected chi connectivity index (χ3v) is 1.83. The number of fused-ring (bicyclic) bond motifs is 1. The highest BCUT2D eigenvalue weighted by Crippen LogP contribution is 2.02. The molecule has 0 unspecified atom stereocenters. The Bertz CT molecular complexity index is 196. The van der Waals surface area contributed by atoms with Crippen LogP contribution in [0.15, 0.2) is 12.3 Å². The summed E-state index contributed by atoms with van der Waals surface area (Å²) in [6.45, 7) is 3.15. The average Bonchev–Trinajstić information content (AvgIpc) is 2.28. The van der Waals surface area contributed by atoms with Gasteiger partial charge in [0, 0.05) is 19.3 Å². The van der Waals surface area contributed by atoms with Gasteiger partial charge in [-0.3, -0.25) is 4.68 Å². The first-order valence-electron chi connectivity index (χ1n) is 3.68. The number of nitrogens with one attached hydrogen (secondary N) is 1. The van der Waals surface area contributed by atoms with Gasteiger partial charge >= 0.3 is 0 Å². The summed E-state index contributed by atoms with van der Waals surface area (Å²) in [4.78, 5) is 0. The Morgan fingerprint density at radius 2 is 2.60 bits per heavy atom. The first-order chi connectivity index (χ1) is 4.97. The molecular formula is C7H11N3. The van der Waals surface area contributed by atoms with Crippen molar-refractivity contribution in [3.63, 3.8) is 0 Å². The Balaban J connectivity index is 2.28. The van der Waals surface area contributed by atoms with E-state index in [-0.39, 0.29) is 0 Å². The smallest absolute Gasteiger partial charge is 0.0522 e. The predicted molar refractivity (Wildman–Crippen MR) is 38.6 cm³/mol. The van der Waals surface area contributed by atoms with Crippen molar-refractivity contribution >= 4 is 0 Å². The first kappa shape index (κ1) is 5.92. The third-order valence-electron chi connectivity index (χ3n) is 1.83. The SMILES string of the molecule is c1cc2n(n1)CCCNC2. The Morgan fingerprint density at radius 3 is 3.60 bits per heavy atom. The average molecular weight is 137 g/mol. The molecule has 54 valence electrons. The summed E-state index contributed by atoms with van der Waals surface area (Å²) in [5.74, 6) is 0. The second-order valence-electron chi connectivity index (χ2n) is 2.58. The third kappa shape index (κ3) is 0.926. The highest BCUT2D eigenvalue weighted by molar-refractivity contribution is 5.00. The van der Waals surface area contributed by atoms with Crippen LogP contribution in [0.25, 0.3) is 0 Å². The molecule has 1 aliphatic rings. The van der Waals surface area contributed by atoms with Crippen molar-refractivity contribution in [1.82, 2.24) is 15.1 Å². The van der Waals surface area contributed by atoms with Crippen molar-refractivity contribution in [2.45, 2.75) is 19.5 Å². The van der Waals surface area contributed by atoms with E-state index >= 15 is 0 Å². The molecule has 0 spiro atoms. The van der Waals surface area contributed by atoms with Crippen LogP contribution in [0.5, 0.6) is 0 Å². The Hall–Kier alpha value is -0.830. The molecule has 0 saturated carbocycles. The summed E-state index contributed by atoms with van der Waals surface area (Å²) in [5.41, 5.74) is 1.30. The quantitative estimate of drug-likeness (QED) is 0.560. The van der Waals surface area contributed by atoms with Gasteiger partial charge in [0.1, 0.15) is 0 Å². The minimum atomic E-state index is 0.972. The fourth-order valence-electron chi connectivity index (χ4n) is 1.28. The summed E-state index contributed by atoms with van der Waals surface area (Å²) < 4.78 is 2.07. The van der Waals surface area contributed by atoms with Crippen LogP contribution in [0.4, 0.5) is 0 Å². The highest BCUT2D eigenvalue weighted by atomic mass is 15.3. The lowest BCUT2D eigenvalue weighted by atomic mass is 10.4. The minimum Gasteiger partial charge on any atom is -0.311 e. The van der Waals surface area contributed by atoms with Crippen molar-refractivity contribution in [2.75, 3.05) is 6.54 Å². The van der Waals surface area contributed by atoms with Gasteiger partial charge in [0.05, 0.1) is 5.69 Å². The van der Waals surface area contributed by atoms with Crippen molar-refractivity contribution in [3.8, 4) is 0 Å². The van der Waals surface area contributed by atoms with E-state index in [4.69, 9.17) is 0 Å². The molecular weight excluding hydrogens is 126 g/mol. The predicted octanol–water partition coefficient (Wildman–Crippen LogP) is 0.376. The zero-order valence-corrected chi connectivity index (χ0v) is 5.88. The van der Waals surface area contributed by atoms with Crippen LogP contribution in [0.3, 0.4) is 0 Å². The molecule has 2 rings (SSSR count). The number of hydrogen-bond donors (Lipinski definition) is 1. The van der Waals surface area contributed by atoms with Gasteiger partial charge in [-0.05, 0) is 19.0 Å². The summed E-state index contributed by atoms with van der Waals surface area (Å²) in [5, 5.41) is 7.52. The molecule has 3 heteroatoms. The lowest BCUT2D eigenvalue weighted by Crippen LogP contribution is -2.11. The maximum atomic E-state index is 4.19. The molecule has 0 aromatic carbocycles. The van der Waals surface area contributed by atoms with Gasteiger partial charge in [-0.1, -0.05) is 0 Å². The van der Waals surface area contributed by atoms with Crippen LogP contribution in [0, 0.1) is 0 Å². The van der Waals surface area contributed by atoms with Gasteiger partial charge in [-0.2, -0.15) is 5.10 Å². The van der Waals surface area contributed by atoms with E-state index in [1.54, 1.807) is 0 Å². The molecule has 1 aliphatic heterocycles. The van der Waals surface area contributed by atoms with Crippen LogP contribution >= 0.6 is 0 Å². The molecule has 0 amide bonds. The molecule has 1 aromatic heterocycles. The molecule has 0 radical (unpaired) electrons. The van der Waals surface area contributed by atoms with Crippen molar-refractivity contribution in [3.05, 3.63) is 18.0 Å². The lowest BCUT2D eigenvalue weighted by Gasteiger charge is -1.98.